The topological polar surface area (TPSA) is 59.8 Å². The predicted molar refractivity (Wildman–Crippen MR) is 109 cm³/mol. The van der Waals surface area contributed by atoms with Crippen LogP contribution in [0.15, 0.2) is 65.8 Å². The van der Waals surface area contributed by atoms with Gasteiger partial charge in [0.25, 0.3) is 0 Å². The fourth-order valence-electron chi connectivity index (χ4n) is 2.76. The molecule has 0 aliphatic rings. The zero-order valence-electron chi connectivity index (χ0n) is 15.8. The smallest absolute Gasteiger partial charge is 0.233 e. The third kappa shape index (κ3) is 4.98. The Balaban J connectivity index is 1.65. The summed E-state index contributed by atoms with van der Waals surface area (Å²) in [4.78, 5) is 12.6. The first-order valence-electron chi connectivity index (χ1n) is 9.00. The quantitative estimate of drug-likeness (QED) is 0.630. The SMILES string of the molecule is Cc1nnc(SC(C)C(=O)NC(C)c2ccccc2)n1Cc1ccccc1. The van der Waals surface area contributed by atoms with Crippen molar-refractivity contribution in [3.63, 3.8) is 0 Å². The summed E-state index contributed by atoms with van der Waals surface area (Å²) >= 11 is 1.43. The Morgan fingerprint density at radius 1 is 1.04 bits per heavy atom. The van der Waals surface area contributed by atoms with Gasteiger partial charge in [0.05, 0.1) is 17.8 Å². The molecule has 0 bridgehead atoms. The highest BCUT2D eigenvalue weighted by molar-refractivity contribution is 8.00. The van der Waals surface area contributed by atoms with Gasteiger partial charge in [-0.3, -0.25) is 4.79 Å². The lowest BCUT2D eigenvalue weighted by atomic mass is 10.1. The van der Waals surface area contributed by atoms with Gasteiger partial charge in [0.2, 0.25) is 5.91 Å². The molecule has 0 saturated carbocycles. The van der Waals surface area contributed by atoms with Gasteiger partial charge < -0.3 is 9.88 Å². The Labute approximate surface area is 164 Å². The molecule has 2 unspecified atom stereocenters. The number of nitrogens with one attached hydrogen (secondary N) is 1. The second-order valence-electron chi connectivity index (χ2n) is 6.50. The molecule has 0 spiro atoms. The average Bonchev–Trinajstić information content (AvgIpc) is 3.02. The summed E-state index contributed by atoms with van der Waals surface area (Å²) < 4.78 is 2.05. The van der Waals surface area contributed by atoms with E-state index in [0.29, 0.717) is 6.54 Å². The van der Waals surface area contributed by atoms with E-state index in [9.17, 15) is 4.79 Å². The molecule has 0 fully saturated rings. The maximum absolute atomic E-state index is 12.6. The molecule has 27 heavy (non-hydrogen) atoms. The lowest BCUT2D eigenvalue weighted by molar-refractivity contribution is -0.120. The maximum atomic E-state index is 12.6. The Morgan fingerprint density at radius 2 is 1.67 bits per heavy atom. The van der Waals surface area contributed by atoms with Gasteiger partial charge in [-0.1, -0.05) is 72.4 Å². The van der Waals surface area contributed by atoms with Crippen LogP contribution in [0.3, 0.4) is 0 Å². The van der Waals surface area contributed by atoms with E-state index >= 15 is 0 Å². The van der Waals surface area contributed by atoms with Crippen LogP contribution < -0.4 is 5.32 Å². The largest absolute Gasteiger partial charge is 0.349 e. The summed E-state index contributed by atoms with van der Waals surface area (Å²) in [5, 5.41) is 12.0. The van der Waals surface area contributed by atoms with E-state index in [1.165, 1.54) is 17.3 Å². The summed E-state index contributed by atoms with van der Waals surface area (Å²) in [7, 11) is 0. The first-order chi connectivity index (χ1) is 13.0. The highest BCUT2D eigenvalue weighted by atomic mass is 32.2. The van der Waals surface area contributed by atoms with Crippen molar-refractivity contribution in [1.29, 1.82) is 0 Å². The van der Waals surface area contributed by atoms with Crippen LogP contribution in [0.2, 0.25) is 0 Å². The van der Waals surface area contributed by atoms with Crippen LogP contribution in [0.5, 0.6) is 0 Å². The van der Waals surface area contributed by atoms with Crippen molar-refractivity contribution < 1.29 is 4.79 Å². The van der Waals surface area contributed by atoms with E-state index in [1.54, 1.807) is 0 Å². The highest BCUT2D eigenvalue weighted by Crippen LogP contribution is 2.24. The van der Waals surface area contributed by atoms with E-state index in [4.69, 9.17) is 0 Å². The van der Waals surface area contributed by atoms with Crippen molar-refractivity contribution in [3.05, 3.63) is 77.6 Å². The molecule has 2 aromatic carbocycles. The van der Waals surface area contributed by atoms with E-state index in [1.807, 2.05) is 73.9 Å². The van der Waals surface area contributed by atoms with Crippen LogP contribution in [-0.2, 0) is 11.3 Å². The molecule has 3 aromatic rings. The predicted octanol–water partition coefficient (Wildman–Crippen LogP) is 3.99. The number of carbonyl (C=O) groups excluding carboxylic acids is 1. The van der Waals surface area contributed by atoms with E-state index in [2.05, 4.69) is 27.6 Å². The number of rotatable bonds is 7. The maximum Gasteiger partial charge on any atom is 0.233 e. The van der Waals surface area contributed by atoms with Crippen molar-refractivity contribution in [3.8, 4) is 0 Å². The first kappa shape index (κ1) is 19.2. The summed E-state index contributed by atoms with van der Waals surface area (Å²) in [5.74, 6) is 0.829. The van der Waals surface area contributed by atoms with Crippen LogP contribution in [0.1, 0.15) is 36.8 Å². The summed E-state index contributed by atoms with van der Waals surface area (Å²) in [5.41, 5.74) is 2.27. The molecule has 1 heterocycles. The van der Waals surface area contributed by atoms with Crippen molar-refractivity contribution in [2.75, 3.05) is 0 Å². The van der Waals surface area contributed by atoms with Crippen molar-refractivity contribution >= 4 is 17.7 Å². The molecule has 6 heteroatoms. The zero-order valence-corrected chi connectivity index (χ0v) is 16.6. The number of hydrogen-bond donors (Lipinski definition) is 1. The standard InChI is InChI=1S/C21H24N4OS/c1-15(19-12-8-5-9-13-19)22-20(26)16(2)27-21-24-23-17(3)25(21)14-18-10-6-4-7-11-18/h4-13,15-16H,14H2,1-3H3,(H,22,26). The molecule has 0 aliphatic heterocycles. The summed E-state index contributed by atoms with van der Waals surface area (Å²) in [6.45, 7) is 6.51. The number of aromatic nitrogens is 3. The van der Waals surface area contributed by atoms with Gasteiger partial charge in [-0.15, -0.1) is 10.2 Å². The third-order valence-corrected chi connectivity index (χ3v) is 5.48. The minimum atomic E-state index is -0.269. The van der Waals surface area contributed by atoms with Gasteiger partial charge in [0.15, 0.2) is 5.16 Å². The van der Waals surface area contributed by atoms with Crippen LogP contribution in [0.25, 0.3) is 0 Å². The van der Waals surface area contributed by atoms with E-state index in [0.717, 1.165) is 16.5 Å². The number of hydrogen-bond acceptors (Lipinski definition) is 4. The molecule has 2 atom stereocenters. The normalized spacial score (nSPS) is 13.1. The van der Waals surface area contributed by atoms with Gasteiger partial charge in [0, 0.05) is 0 Å². The first-order valence-corrected chi connectivity index (χ1v) is 9.88. The number of thioether (sulfide) groups is 1. The molecule has 5 nitrogen and oxygen atoms in total. The van der Waals surface area contributed by atoms with Crippen LogP contribution in [0, 0.1) is 6.92 Å². The summed E-state index contributed by atoms with van der Waals surface area (Å²) in [6.07, 6.45) is 0. The summed E-state index contributed by atoms with van der Waals surface area (Å²) in [6, 6.07) is 20.1. The van der Waals surface area contributed by atoms with E-state index < -0.39 is 0 Å². The average molecular weight is 381 g/mol. The minimum absolute atomic E-state index is 0.0109. The Kier molecular flexibility index (Phi) is 6.29. The molecule has 3 rings (SSSR count). The second kappa shape index (κ2) is 8.86. The molecule has 1 N–H and O–H groups in total. The third-order valence-electron chi connectivity index (χ3n) is 4.40. The molecule has 140 valence electrons. The number of amides is 1. The van der Waals surface area contributed by atoms with Crippen molar-refractivity contribution in [1.82, 2.24) is 20.1 Å². The van der Waals surface area contributed by atoms with Crippen LogP contribution in [0.4, 0.5) is 0 Å². The van der Waals surface area contributed by atoms with Crippen LogP contribution >= 0.6 is 11.8 Å². The Bertz CT molecular complexity index is 880. The molecule has 0 aliphatic carbocycles. The fourth-order valence-corrected chi connectivity index (χ4v) is 3.67. The van der Waals surface area contributed by atoms with Gasteiger partial charge in [-0.2, -0.15) is 0 Å². The number of aryl methyl sites for hydroxylation is 1. The van der Waals surface area contributed by atoms with Crippen molar-refractivity contribution in [2.24, 2.45) is 0 Å². The zero-order chi connectivity index (χ0) is 19.2. The number of nitrogens with zero attached hydrogens (tertiary/aromatic N) is 3. The second-order valence-corrected chi connectivity index (χ2v) is 7.81. The lowest BCUT2D eigenvalue weighted by Crippen LogP contribution is -2.33. The number of benzene rings is 2. The van der Waals surface area contributed by atoms with E-state index in [-0.39, 0.29) is 17.2 Å². The monoisotopic (exact) mass is 380 g/mol. The van der Waals surface area contributed by atoms with Gasteiger partial charge >= 0.3 is 0 Å². The van der Waals surface area contributed by atoms with Gasteiger partial charge in [-0.25, -0.2) is 0 Å². The molecular weight excluding hydrogens is 356 g/mol. The van der Waals surface area contributed by atoms with Gasteiger partial charge in [-0.05, 0) is 31.9 Å². The highest BCUT2D eigenvalue weighted by Gasteiger charge is 2.21. The molecule has 0 radical (unpaired) electrons. The minimum Gasteiger partial charge on any atom is -0.349 e. The molecule has 1 aromatic heterocycles. The molecule has 0 saturated heterocycles. The molecule has 1 amide bonds. The lowest BCUT2D eigenvalue weighted by Gasteiger charge is -2.18. The van der Waals surface area contributed by atoms with Gasteiger partial charge in [0.1, 0.15) is 5.82 Å². The molecular formula is C21H24N4OS. The Morgan fingerprint density at radius 3 is 2.33 bits per heavy atom. The number of carbonyl (C=O) groups is 1. The Hall–Kier alpha value is -2.60. The van der Waals surface area contributed by atoms with Crippen LogP contribution in [-0.4, -0.2) is 25.9 Å². The fraction of sp³-hybridized carbons (Fsp3) is 0.286. The van der Waals surface area contributed by atoms with Crippen molar-refractivity contribution in [2.45, 2.75) is 43.8 Å².